The molecule has 1 atom stereocenters. The lowest BCUT2D eigenvalue weighted by molar-refractivity contribution is -0.143. The Morgan fingerprint density at radius 3 is 2.38 bits per heavy atom. The molecule has 180 valence electrons. The minimum absolute atomic E-state index is 0.236. The molecule has 3 N–H and O–H groups in total. The number of aryl methyl sites for hydroxylation is 1. The zero-order valence-electron chi connectivity index (χ0n) is 20.3. The third kappa shape index (κ3) is 5.75. The molecule has 8 heteroatoms. The lowest BCUT2D eigenvalue weighted by atomic mass is 9.94. The molecule has 3 rings (SSSR count). The Morgan fingerprint density at radius 1 is 1.09 bits per heavy atom. The molecule has 1 aliphatic heterocycles. The second-order valence-corrected chi connectivity index (χ2v) is 8.68. The van der Waals surface area contributed by atoms with Crippen molar-refractivity contribution in [1.29, 1.82) is 0 Å². The largest absolute Gasteiger partial charge is 0.459 e. The van der Waals surface area contributed by atoms with E-state index in [0.717, 1.165) is 28.9 Å². The first-order valence-electron chi connectivity index (χ1n) is 11.5. The summed E-state index contributed by atoms with van der Waals surface area (Å²) in [6.07, 6.45) is 0.589. The first-order valence-corrected chi connectivity index (χ1v) is 11.9. The lowest BCUT2D eigenvalue weighted by Gasteiger charge is -2.37. The van der Waals surface area contributed by atoms with Crippen molar-refractivity contribution in [3.05, 3.63) is 70.9 Å². The van der Waals surface area contributed by atoms with Crippen LogP contribution in [0.4, 0.5) is 16.2 Å². The van der Waals surface area contributed by atoms with E-state index in [2.05, 4.69) is 16.0 Å². The van der Waals surface area contributed by atoms with E-state index in [1.165, 1.54) is 0 Å². The number of esters is 1. The van der Waals surface area contributed by atoms with Gasteiger partial charge in [-0.25, -0.2) is 9.59 Å². The van der Waals surface area contributed by atoms with Gasteiger partial charge in [-0.2, -0.15) is 0 Å². The number of allylic oxidation sites excluding steroid dienone is 1. The first kappa shape index (κ1) is 25.2. The van der Waals surface area contributed by atoms with Crippen LogP contribution in [0, 0.1) is 0 Å². The molecule has 34 heavy (non-hydrogen) atoms. The van der Waals surface area contributed by atoms with Gasteiger partial charge in [0.05, 0.1) is 17.7 Å². The average Bonchev–Trinajstić information content (AvgIpc) is 2.79. The number of urea groups is 1. The van der Waals surface area contributed by atoms with Gasteiger partial charge in [-0.05, 0) is 75.7 Å². The van der Waals surface area contributed by atoms with E-state index in [1.54, 1.807) is 12.1 Å². The van der Waals surface area contributed by atoms with E-state index in [1.807, 2.05) is 75.9 Å². The van der Waals surface area contributed by atoms with Crippen molar-refractivity contribution in [3.63, 3.8) is 0 Å². The molecule has 2 amide bonds. The lowest BCUT2D eigenvalue weighted by Crippen LogP contribution is -2.47. The molecule has 0 unspecified atom stereocenters. The number of hydrogen-bond acceptors (Lipinski definition) is 4. The highest BCUT2D eigenvalue weighted by Gasteiger charge is 2.34. The molecule has 0 saturated carbocycles. The number of carbonyl (C=O) groups is 2. The molecule has 7 nitrogen and oxygen atoms in total. The fourth-order valence-electron chi connectivity index (χ4n) is 3.95. The van der Waals surface area contributed by atoms with Crippen LogP contribution in [0.3, 0.4) is 0 Å². The van der Waals surface area contributed by atoms with Gasteiger partial charge in [0.25, 0.3) is 0 Å². The van der Waals surface area contributed by atoms with Crippen molar-refractivity contribution in [2.24, 2.45) is 0 Å². The highest BCUT2D eigenvalue weighted by Crippen LogP contribution is 2.32. The summed E-state index contributed by atoms with van der Waals surface area (Å²) in [6, 6.07) is 14.3. The Hall–Kier alpha value is -3.39. The van der Waals surface area contributed by atoms with Crippen LogP contribution in [0.5, 0.6) is 0 Å². The van der Waals surface area contributed by atoms with Crippen molar-refractivity contribution in [3.8, 4) is 0 Å². The SMILES string of the molecule is CCc1ccccc1NC(=O)Nc1ccc([C@H]2NC(=S)N(CC)C(C)=C2C(=O)OC(C)C)cc1. The zero-order chi connectivity index (χ0) is 24.8. The first-order chi connectivity index (χ1) is 16.2. The summed E-state index contributed by atoms with van der Waals surface area (Å²) in [5.41, 5.74) is 4.63. The number of anilines is 2. The number of hydrogen-bond donors (Lipinski definition) is 3. The number of ether oxygens (including phenoxy) is 1. The molecule has 0 aromatic heterocycles. The molecule has 0 fully saturated rings. The molecule has 2 aromatic carbocycles. The summed E-state index contributed by atoms with van der Waals surface area (Å²) in [7, 11) is 0. The quantitative estimate of drug-likeness (QED) is 0.365. The predicted molar refractivity (Wildman–Crippen MR) is 140 cm³/mol. The molecule has 1 heterocycles. The van der Waals surface area contributed by atoms with Crippen LogP contribution in [-0.2, 0) is 16.0 Å². The number of nitrogens with one attached hydrogen (secondary N) is 3. The van der Waals surface area contributed by atoms with E-state index in [-0.39, 0.29) is 18.1 Å². The summed E-state index contributed by atoms with van der Waals surface area (Å²) < 4.78 is 5.52. The molecule has 0 aliphatic carbocycles. The van der Waals surface area contributed by atoms with Gasteiger partial charge in [-0.15, -0.1) is 0 Å². The number of carbonyl (C=O) groups excluding carboxylic acids is 2. The van der Waals surface area contributed by atoms with E-state index < -0.39 is 6.04 Å². The fraction of sp³-hybridized carbons (Fsp3) is 0.346. The zero-order valence-corrected chi connectivity index (χ0v) is 21.1. The average molecular weight is 481 g/mol. The number of benzene rings is 2. The van der Waals surface area contributed by atoms with Crippen molar-refractivity contribution in [2.75, 3.05) is 17.2 Å². The summed E-state index contributed by atoms with van der Waals surface area (Å²) in [6.45, 7) is 10.2. The van der Waals surface area contributed by atoms with Gasteiger partial charge in [0.15, 0.2) is 5.11 Å². The van der Waals surface area contributed by atoms with Crippen molar-refractivity contribution >= 4 is 40.7 Å². The van der Waals surface area contributed by atoms with E-state index >= 15 is 0 Å². The number of rotatable bonds is 7. The number of para-hydroxylation sites is 1. The monoisotopic (exact) mass is 480 g/mol. The Balaban J connectivity index is 1.80. The third-order valence-electron chi connectivity index (χ3n) is 5.62. The van der Waals surface area contributed by atoms with Crippen molar-refractivity contribution in [1.82, 2.24) is 10.2 Å². The van der Waals surface area contributed by atoms with Crippen molar-refractivity contribution in [2.45, 2.75) is 53.2 Å². The van der Waals surface area contributed by atoms with E-state index in [4.69, 9.17) is 17.0 Å². The van der Waals surface area contributed by atoms with Gasteiger partial charge < -0.3 is 25.6 Å². The molecule has 0 radical (unpaired) electrons. The Labute approximate surface area is 206 Å². The standard InChI is InChI=1S/C26H32N4O3S/c1-6-18-10-8-9-11-21(18)28-25(32)27-20-14-12-19(13-15-20)23-22(24(31)33-16(3)4)17(5)30(7-2)26(34)29-23/h8-16,23H,6-7H2,1-5H3,(H,29,34)(H2,27,28,32)/t23-/m1/s1. The van der Waals surface area contributed by atoms with Gasteiger partial charge in [0.2, 0.25) is 0 Å². The van der Waals surface area contributed by atoms with E-state index in [9.17, 15) is 9.59 Å². The maximum absolute atomic E-state index is 13.0. The van der Waals surface area contributed by atoms with Gasteiger partial charge in [-0.1, -0.05) is 37.3 Å². The summed E-state index contributed by atoms with van der Waals surface area (Å²) in [5, 5.41) is 9.59. The minimum atomic E-state index is -0.444. The highest BCUT2D eigenvalue weighted by atomic mass is 32.1. The third-order valence-corrected chi connectivity index (χ3v) is 5.96. The maximum atomic E-state index is 13.0. The van der Waals surface area contributed by atoms with Gasteiger partial charge in [0, 0.05) is 23.6 Å². The molecule has 0 spiro atoms. The van der Waals surface area contributed by atoms with Gasteiger partial charge in [0.1, 0.15) is 0 Å². The number of thiocarbonyl (C=S) groups is 1. The van der Waals surface area contributed by atoms with E-state index in [0.29, 0.717) is 22.9 Å². The Bertz CT molecular complexity index is 1100. The summed E-state index contributed by atoms with van der Waals surface area (Å²) >= 11 is 5.54. The maximum Gasteiger partial charge on any atom is 0.338 e. The summed E-state index contributed by atoms with van der Waals surface area (Å²) in [4.78, 5) is 27.3. The van der Waals surface area contributed by atoms with Crippen LogP contribution in [0.2, 0.25) is 0 Å². The molecular weight excluding hydrogens is 448 g/mol. The highest BCUT2D eigenvalue weighted by molar-refractivity contribution is 7.80. The second kappa shape index (κ2) is 11.2. The van der Waals surface area contributed by atoms with Crippen LogP contribution in [0.25, 0.3) is 0 Å². The van der Waals surface area contributed by atoms with Crippen LogP contribution >= 0.6 is 12.2 Å². The van der Waals surface area contributed by atoms with Crippen LogP contribution in [0.15, 0.2) is 59.8 Å². The second-order valence-electron chi connectivity index (χ2n) is 8.29. The number of amides is 2. The molecule has 2 aromatic rings. The molecule has 0 saturated heterocycles. The normalized spacial score (nSPS) is 15.8. The van der Waals surface area contributed by atoms with Crippen LogP contribution < -0.4 is 16.0 Å². The minimum Gasteiger partial charge on any atom is -0.459 e. The smallest absolute Gasteiger partial charge is 0.338 e. The molecule has 0 bridgehead atoms. The van der Waals surface area contributed by atoms with Gasteiger partial charge in [-0.3, -0.25) is 0 Å². The fourth-order valence-corrected chi connectivity index (χ4v) is 4.33. The number of nitrogens with zero attached hydrogens (tertiary/aromatic N) is 1. The van der Waals surface area contributed by atoms with Crippen molar-refractivity contribution < 1.29 is 14.3 Å². The van der Waals surface area contributed by atoms with Crippen LogP contribution in [0.1, 0.15) is 51.8 Å². The molecule has 1 aliphatic rings. The topological polar surface area (TPSA) is 82.7 Å². The Kier molecular flexibility index (Phi) is 8.28. The Morgan fingerprint density at radius 2 is 1.76 bits per heavy atom. The predicted octanol–water partition coefficient (Wildman–Crippen LogP) is 5.37. The molecular formula is C26H32N4O3S. The summed E-state index contributed by atoms with van der Waals surface area (Å²) in [5.74, 6) is -0.373. The van der Waals surface area contributed by atoms with Crippen LogP contribution in [-0.4, -0.2) is 34.7 Å². The van der Waals surface area contributed by atoms with Gasteiger partial charge >= 0.3 is 12.0 Å².